The number of carbonyl (C=O) groups excluding carboxylic acids is 1. The lowest BCUT2D eigenvalue weighted by atomic mass is 10.2. The molecule has 0 aliphatic rings. The van der Waals surface area contributed by atoms with Gasteiger partial charge >= 0.3 is 0 Å². The van der Waals surface area contributed by atoms with Gasteiger partial charge in [-0.05, 0) is 48.9 Å². The Labute approximate surface area is 145 Å². The summed E-state index contributed by atoms with van der Waals surface area (Å²) < 4.78 is 10.8. The Morgan fingerprint density at radius 3 is 2.39 bits per heavy atom. The van der Waals surface area contributed by atoms with E-state index in [1.807, 2.05) is 6.92 Å². The molecule has 0 aromatic heterocycles. The molecule has 0 fully saturated rings. The van der Waals surface area contributed by atoms with Crippen molar-refractivity contribution in [3.05, 3.63) is 52.5 Å². The highest BCUT2D eigenvalue weighted by atomic mass is 35.5. The van der Waals surface area contributed by atoms with Crippen LogP contribution in [0.2, 0.25) is 10.0 Å². The quantitative estimate of drug-likeness (QED) is 0.811. The molecular weight excluding hydrogens is 337 g/mol. The molecule has 1 amide bonds. The number of hydrogen-bond acceptors (Lipinski definition) is 3. The molecule has 6 heteroatoms. The fourth-order valence-electron chi connectivity index (χ4n) is 1.95. The van der Waals surface area contributed by atoms with Gasteiger partial charge in [0, 0.05) is 5.02 Å². The molecule has 0 heterocycles. The van der Waals surface area contributed by atoms with Crippen LogP contribution in [0.25, 0.3) is 0 Å². The monoisotopic (exact) mass is 353 g/mol. The molecule has 0 unspecified atom stereocenters. The van der Waals surface area contributed by atoms with Crippen molar-refractivity contribution < 1.29 is 14.3 Å². The average Bonchev–Trinajstić information content (AvgIpc) is 2.56. The molecule has 0 saturated heterocycles. The summed E-state index contributed by atoms with van der Waals surface area (Å²) in [4.78, 5) is 12.4. The Hall–Kier alpha value is -1.91. The third-order valence-electron chi connectivity index (χ3n) is 3.19. The van der Waals surface area contributed by atoms with Crippen molar-refractivity contribution in [2.45, 2.75) is 19.4 Å². The van der Waals surface area contributed by atoms with Crippen LogP contribution in [0.3, 0.4) is 0 Å². The van der Waals surface area contributed by atoms with Crippen LogP contribution in [-0.2, 0) is 4.79 Å². The Morgan fingerprint density at radius 1 is 1.13 bits per heavy atom. The number of ether oxygens (including phenoxy) is 2. The molecule has 0 aliphatic heterocycles. The second-order valence-electron chi connectivity index (χ2n) is 4.80. The molecule has 0 spiro atoms. The molecule has 0 radical (unpaired) electrons. The van der Waals surface area contributed by atoms with Crippen molar-refractivity contribution in [2.75, 3.05) is 12.4 Å². The van der Waals surface area contributed by atoms with Crippen molar-refractivity contribution in [2.24, 2.45) is 0 Å². The minimum Gasteiger partial charge on any atom is -0.497 e. The zero-order valence-corrected chi connectivity index (χ0v) is 14.3. The van der Waals surface area contributed by atoms with Gasteiger partial charge in [0.15, 0.2) is 6.10 Å². The first-order chi connectivity index (χ1) is 11.0. The molecule has 4 nitrogen and oxygen atoms in total. The van der Waals surface area contributed by atoms with Gasteiger partial charge in [0.1, 0.15) is 11.5 Å². The van der Waals surface area contributed by atoms with E-state index in [1.54, 1.807) is 49.6 Å². The van der Waals surface area contributed by atoms with E-state index in [0.29, 0.717) is 27.9 Å². The van der Waals surface area contributed by atoms with E-state index in [0.717, 1.165) is 5.75 Å². The van der Waals surface area contributed by atoms with Crippen molar-refractivity contribution in [1.82, 2.24) is 0 Å². The summed E-state index contributed by atoms with van der Waals surface area (Å²) in [7, 11) is 1.59. The summed E-state index contributed by atoms with van der Waals surface area (Å²) >= 11 is 12.0. The maximum atomic E-state index is 12.4. The molecule has 1 N–H and O–H groups in total. The highest BCUT2D eigenvalue weighted by Gasteiger charge is 2.19. The van der Waals surface area contributed by atoms with E-state index >= 15 is 0 Å². The van der Waals surface area contributed by atoms with E-state index in [1.165, 1.54) is 0 Å². The highest BCUT2D eigenvalue weighted by Crippen LogP contribution is 2.26. The van der Waals surface area contributed by atoms with E-state index in [-0.39, 0.29) is 5.91 Å². The number of carbonyl (C=O) groups is 1. The first-order valence-corrected chi connectivity index (χ1v) is 7.85. The molecule has 0 aliphatic carbocycles. The van der Waals surface area contributed by atoms with Crippen molar-refractivity contribution >= 4 is 34.8 Å². The zero-order valence-electron chi connectivity index (χ0n) is 12.8. The number of anilines is 1. The summed E-state index contributed by atoms with van der Waals surface area (Å²) in [5.41, 5.74) is 0.459. The molecule has 122 valence electrons. The minimum atomic E-state index is -0.640. The summed E-state index contributed by atoms with van der Waals surface area (Å²) in [6.45, 7) is 1.87. The highest BCUT2D eigenvalue weighted by molar-refractivity contribution is 6.35. The SMILES string of the molecule is CC[C@@H](Oc1ccc(OC)cc1)C(=O)Nc1cc(Cl)ccc1Cl. The topological polar surface area (TPSA) is 47.6 Å². The number of rotatable bonds is 6. The standard InChI is InChI=1S/C17H17Cl2NO3/c1-3-16(23-13-7-5-12(22-2)6-8-13)17(21)20-15-10-11(18)4-9-14(15)19/h4-10,16H,3H2,1-2H3,(H,20,21)/t16-/m1/s1. The molecule has 23 heavy (non-hydrogen) atoms. The summed E-state index contributed by atoms with van der Waals surface area (Å²) in [5, 5.41) is 3.65. The Morgan fingerprint density at radius 2 is 1.78 bits per heavy atom. The van der Waals surface area contributed by atoms with Crippen LogP contribution in [-0.4, -0.2) is 19.1 Å². The normalized spacial score (nSPS) is 11.7. The van der Waals surface area contributed by atoms with Gasteiger partial charge < -0.3 is 14.8 Å². The van der Waals surface area contributed by atoms with E-state index in [9.17, 15) is 4.79 Å². The molecule has 2 rings (SSSR count). The Balaban J connectivity index is 2.07. The molecule has 1 atom stereocenters. The van der Waals surface area contributed by atoms with Crippen molar-refractivity contribution in [1.29, 1.82) is 0 Å². The van der Waals surface area contributed by atoms with Crippen LogP contribution < -0.4 is 14.8 Å². The van der Waals surface area contributed by atoms with Gasteiger partial charge in [-0.3, -0.25) is 4.79 Å². The van der Waals surface area contributed by atoms with E-state index in [4.69, 9.17) is 32.7 Å². The molecule has 0 saturated carbocycles. The minimum absolute atomic E-state index is 0.285. The van der Waals surface area contributed by atoms with Crippen LogP contribution in [0.4, 0.5) is 5.69 Å². The first-order valence-electron chi connectivity index (χ1n) is 7.10. The number of hydrogen-bond donors (Lipinski definition) is 1. The molecule has 0 bridgehead atoms. The predicted molar refractivity (Wildman–Crippen MR) is 92.8 cm³/mol. The van der Waals surface area contributed by atoms with Crippen LogP contribution in [0, 0.1) is 0 Å². The maximum absolute atomic E-state index is 12.4. The molecular formula is C17H17Cl2NO3. The zero-order chi connectivity index (χ0) is 16.8. The molecule has 2 aromatic carbocycles. The van der Waals surface area contributed by atoms with Crippen LogP contribution in [0.1, 0.15) is 13.3 Å². The fraction of sp³-hybridized carbons (Fsp3) is 0.235. The molecule has 2 aromatic rings. The lowest BCUT2D eigenvalue weighted by molar-refractivity contribution is -0.122. The summed E-state index contributed by atoms with van der Waals surface area (Å²) in [6.07, 6.45) is -0.130. The number of amides is 1. The largest absolute Gasteiger partial charge is 0.497 e. The van der Waals surface area contributed by atoms with Crippen LogP contribution in [0.5, 0.6) is 11.5 Å². The van der Waals surface area contributed by atoms with Gasteiger partial charge in [0.25, 0.3) is 5.91 Å². The first kappa shape index (κ1) is 17.4. The number of nitrogens with one attached hydrogen (secondary N) is 1. The van der Waals surface area contributed by atoms with E-state index < -0.39 is 6.10 Å². The van der Waals surface area contributed by atoms with Gasteiger partial charge in [-0.1, -0.05) is 30.1 Å². The summed E-state index contributed by atoms with van der Waals surface area (Å²) in [6, 6.07) is 11.9. The maximum Gasteiger partial charge on any atom is 0.265 e. The fourth-order valence-corrected chi connectivity index (χ4v) is 2.28. The predicted octanol–water partition coefficient (Wildman–Crippen LogP) is 4.80. The smallest absolute Gasteiger partial charge is 0.265 e. The van der Waals surface area contributed by atoms with Crippen molar-refractivity contribution in [3.8, 4) is 11.5 Å². The van der Waals surface area contributed by atoms with E-state index in [2.05, 4.69) is 5.32 Å². The van der Waals surface area contributed by atoms with Gasteiger partial charge in [0.05, 0.1) is 17.8 Å². The third-order valence-corrected chi connectivity index (χ3v) is 3.75. The Bertz CT molecular complexity index is 674. The number of benzene rings is 2. The van der Waals surface area contributed by atoms with Gasteiger partial charge in [0.2, 0.25) is 0 Å². The number of methoxy groups -OCH3 is 1. The summed E-state index contributed by atoms with van der Waals surface area (Å²) in [5.74, 6) is 1.03. The van der Waals surface area contributed by atoms with Crippen molar-refractivity contribution in [3.63, 3.8) is 0 Å². The Kier molecular flexibility index (Phi) is 6.13. The third kappa shape index (κ3) is 4.78. The lowest BCUT2D eigenvalue weighted by Crippen LogP contribution is -2.32. The van der Waals surface area contributed by atoms with Gasteiger partial charge in [-0.25, -0.2) is 0 Å². The van der Waals surface area contributed by atoms with Crippen LogP contribution >= 0.6 is 23.2 Å². The van der Waals surface area contributed by atoms with Crippen LogP contribution in [0.15, 0.2) is 42.5 Å². The second-order valence-corrected chi connectivity index (χ2v) is 5.65. The number of halogens is 2. The van der Waals surface area contributed by atoms with Gasteiger partial charge in [-0.2, -0.15) is 0 Å². The average molecular weight is 354 g/mol. The van der Waals surface area contributed by atoms with Gasteiger partial charge in [-0.15, -0.1) is 0 Å². The lowest BCUT2D eigenvalue weighted by Gasteiger charge is -2.18. The second kappa shape index (κ2) is 8.09.